The molecule has 0 aliphatic heterocycles. The summed E-state index contributed by atoms with van der Waals surface area (Å²) in [5.74, 6) is -0.614. The quantitative estimate of drug-likeness (QED) is 0.512. The zero-order valence-corrected chi connectivity index (χ0v) is 15.8. The Labute approximate surface area is 174 Å². The molecule has 0 unspecified atom stereocenters. The molecule has 3 N–H and O–H groups in total. The number of carbonyl (C=O) groups excluding carboxylic acids is 1. The molecule has 1 aromatic carbocycles. The molecule has 1 amide bonds. The smallest absolute Gasteiger partial charge is 0.383 e. The second-order valence-corrected chi connectivity index (χ2v) is 6.50. The minimum atomic E-state index is -4.51. The lowest BCUT2D eigenvalue weighted by molar-refractivity contribution is -0.137. The molecule has 0 bridgehead atoms. The lowest BCUT2D eigenvalue weighted by atomic mass is 10.1. The predicted molar refractivity (Wildman–Crippen MR) is 108 cm³/mol. The van der Waals surface area contributed by atoms with Crippen LogP contribution in [-0.4, -0.2) is 25.7 Å². The molecular formula is C21H15F3N6O. The highest BCUT2D eigenvalue weighted by atomic mass is 19.4. The first kappa shape index (κ1) is 20.1. The van der Waals surface area contributed by atoms with E-state index in [1.165, 1.54) is 10.9 Å². The van der Waals surface area contributed by atoms with E-state index < -0.39 is 17.6 Å². The minimum Gasteiger partial charge on any atom is -0.383 e. The van der Waals surface area contributed by atoms with E-state index >= 15 is 0 Å². The van der Waals surface area contributed by atoms with Crippen LogP contribution in [-0.2, 0) is 6.18 Å². The van der Waals surface area contributed by atoms with Crippen molar-refractivity contribution in [1.82, 2.24) is 19.7 Å². The molecule has 3 aromatic heterocycles. The van der Waals surface area contributed by atoms with Crippen molar-refractivity contribution < 1.29 is 18.0 Å². The van der Waals surface area contributed by atoms with Crippen molar-refractivity contribution in [2.45, 2.75) is 6.18 Å². The average molecular weight is 424 g/mol. The molecule has 0 saturated heterocycles. The topological polar surface area (TPSA) is 98.7 Å². The van der Waals surface area contributed by atoms with Crippen LogP contribution in [0.5, 0.6) is 0 Å². The largest absolute Gasteiger partial charge is 0.417 e. The van der Waals surface area contributed by atoms with E-state index in [1.807, 2.05) is 24.3 Å². The fourth-order valence-electron chi connectivity index (χ4n) is 2.97. The van der Waals surface area contributed by atoms with Crippen LogP contribution in [0.25, 0.3) is 16.8 Å². The zero-order chi connectivity index (χ0) is 22.0. The fourth-order valence-corrected chi connectivity index (χ4v) is 2.97. The number of para-hydroxylation sites is 1. The normalized spacial score (nSPS) is 11.3. The van der Waals surface area contributed by atoms with Crippen molar-refractivity contribution in [3.63, 3.8) is 0 Å². The number of aromatic nitrogens is 4. The lowest BCUT2D eigenvalue weighted by Crippen LogP contribution is -2.15. The summed E-state index contributed by atoms with van der Waals surface area (Å²) in [5, 5.41) is 6.65. The number of carbonyl (C=O) groups is 1. The van der Waals surface area contributed by atoms with Gasteiger partial charge in [-0.3, -0.25) is 9.78 Å². The van der Waals surface area contributed by atoms with E-state index in [4.69, 9.17) is 5.73 Å². The third-order valence-electron chi connectivity index (χ3n) is 4.49. The first-order valence-corrected chi connectivity index (χ1v) is 9.02. The van der Waals surface area contributed by atoms with Crippen molar-refractivity contribution in [2.24, 2.45) is 0 Å². The molecule has 4 aromatic rings. The molecule has 0 fully saturated rings. The van der Waals surface area contributed by atoms with Gasteiger partial charge < -0.3 is 11.1 Å². The number of rotatable bonds is 4. The third kappa shape index (κ3) is 4.08. The number of benzene rings is 1. The van der Waals surface area contributed by atoms with Crippen LogP contribution in [0.15, 0.2) is 73.3 Å². The van der Waals surface area contributed by atoms with Crippen molar-refractivity contribution in [3.8, 4) is 16.8 Å². The van der Waals surface area contributed by atoms with E-state index in [0.717, 1.165) is 23.3 Å². The van der Waals surface area contributed by atoms with Crippen LogP contribution in [0.4, 0.5) is 24.8 Å². The van der Waals surface area contributed by atoms with Gasteiger partial charge in [0.2, 0.25) is 0 Å². The Hall–Kier alpha value is -4.21. The summed E-state index contributed by atoms with van der Waals surface area (Å²) >= 11 is 0. The van der Waals surface area contributed by atoms with Gasteiger partial charge in [-0.25, -0.2) is 9.67 Å². The zero-order valence-electron chi connectivity index (χ0n) is 15.8. The van der Waals surface area contributed by atoms with Crippen LogP contribution in [0.1, 0.15) is 15.9 Å². The molecule has 156 valence electrons. The van der Waals surface area contributed by atoms with Crippen molar-refractivity contribution in [2.75, 3.05) is 11.1 Å². The molecule has 0 aliphatic rings. The summed E-state index contributed by atoms with van der Waals surface area (Å²) in [4.78, 5) is 20.3. The molecule has 0 spiro atoms. The van der Waals surface area contributed by atoms with Crippen molar-refractivity contribution >= 4 is 17.5 Å². The molecular weight excluding hydrogens is 409 g/mol. The Balaban J connectivity index is 1.62. The van der Waals surface area contributed by atoms with E-state index in [-0.39, 0.29) is 17.2 Å². The van der Waals surface area contributed by atoms with Crippen LogP contribution in [0.3, 0.4) is 0 Å². The summed E-state index contributed by atoms with van der Waals surface area (Å²) in [6.45, 7) is 0. The van der Waals surface area contributed by atoms with Crippen molar-refractivity contribution in [3.05, 3.63) is 84.4 Å². The second kappa shape index (κ2) is 7.90. The number of hydrogen-bond donors (Lipinski definition) is 2. The van der Waals surface area contributed by atoms with E-state index in [0.29, 0.717) is 11.9 Å². The maximum absolute atomic E-state index is 12.7. The number of amides is 1. The Bertz CT molecular complexity index is 1220. The number of anilines is 2. The van der Waals surface area contributed by atoms with Crippen molar-refractivity contribution in [1.29, 1.82) is 0 Å². The Morgan fingerprint density at radius 1 is 1.00 bits per heavy atom. The molecule has 0 radical (unpaired) electrons. The van der Waals surface area contributed by atoms with E-state index in [2.05, 4.69) is 20.4 Å². The van der Waals surface area contributed by atoms with Gasteiger partial charge in [0.25, 0.3) is 5.91 Å². The van der Waals surface area contributed by atoms with Crippen LogP contribution >= 0.6 is 0 Å². The Morgan fingerprint density at radius 2 is 1.81 bits per heavy atom. The van der Waals surface area contributed by atoms with Gasteiger partial charge in [0.1, 0.15) is 17.2 Å². The van der Waals surface area contributed by atoms with E-state index in [9.17, 15) is 18.0 Å². The van der Waals surface area contributed by atoms with Gasteiger partial charge in [0.15, 0.2) is 0 Å². The summed E-state index contributed by atoms with van der Waals surface area (Å²) in [6.07, 6.45) is 0.776. The standard InChI is InChI=1S/C21H15F3N6O/c22-21(23,24)14-7-8-18(27-11-14)29-20(31)16-12-28-30(19(16)25)17-6-2-1-5-15(17)13-4-3-9-26-10-13/h1-12H,25H2,(H,27,29,31). The molecule has 3 heterocycles. The summed E-state index contributed by atoms with van der Waals surface area (Å²) < 4.78 is 39.4. The van der Waals surface area contributed by atoms with Gasteiger partial charge in [-0.15, -0.1) is 0 Å². The fraction of sp³-hybridized carbons (Fsp3) is 0.0476. The third-order valence-corrected chi connectivity index (χ3v) is 4.49. The molecule has 7 nitrogen and oxygen atoms in total. The number of nitrogens with zero attached hydrogens (tertiary/aromatic N) is 4. The number of nitrogens with two attached hydrogens (primary N) is 1. The maximum Gasteiger partial charge on any atom is 0.417 e. The highest BCUT2D eigenvalue weighted by molar-refractivity contribution is 6.07. The highest BCUT2D eigenvalue weighted by Crippen LogP contribution is 2.30. The monoisotopic (exact) mass is 424 g/mol. The number of alkyl halides is 3. The van der Waals surface area contributed by atoms with Gasteiger partial charge in [-0.2, -0.15) is 18.3 Å². The summed E-state index contributed by atoms with van der Waals surface area (Å²) in [5.41, 5.74) is 7.61. The SMILES string of the molecule is Nc1c(C(=O)Nc2ccc(C(F)(F)F)cn2)cnn1-c1ccccc1-c1cccnc1. The molecule has 0 aliphatic carbocycles. The highest BCUT2D eigenvalue weighted by Gasteiger charge is 2.30. The second-order valence-electron chi connectivity index (χ2n) is 6.50. The van der Waals surface area contributed by atoms with Crippen LogP contribution in [0.2, 0.25) is 0 Å². The van der Waals surface area contributed by atoms with Gasteiger partial charge >= 0.3 is 6.18 Å². The molecule has 10 heteroatoms. The number of nitrogen functional groups attached to an aromatic ring is 1. The molecule has 0 saturated carbocycles. The molecule has 4 rings (SSSR count). The number of nitrogens with one attached hydrogen (secondary N) is 1. The predicted octanol–water partition coefficient (Wildman–Crippen LogP) is 4.18. The van der Waals surface area contributed by atoms with E-state index in [1.54, 1.807) is 24.5 Å². The Kier molecular flexibility index (Phi) is 5.12. The molecule has 31 heavy (non-hydrogen) atoms. The number of pyridine rings is 2. The molecule has 0 atom stereocenters. The Morgan fingerprint density at radius 3 is 2.48 bits per heavy atom. The van der Waals surface area contributed by atoms with Crippen LogP contribution in [0, 0.1) is 0 Å². The summed E-state index contributed by atoms with van der Waals surface area (Å²) in [7, 11) is 0. The average Bonchev–Trinajstić information content (AvgIpc) is 3.15. The minimum absolute atomic E-state index is 0.0408. The number of hydrogen-bond acceptors (Lipinski definition) is 5. The lowest BCUT2D eigenvalue weighted by Gasteiger charge is -2.11. The first-order valence-electron chi connectivity index (χ1n) is 9.02. The van der Waals surface area contributed by atoms with Gasteiger partial charge in [0, 0.05) is 29.7 Å². The van der Waals surface area contributed by atoms with Gasteiger partial charge in [-0.05, 0) is 24.3 Å². The first-order chi connectivity index (χ1) is 14.8. The maximum atomic E-state index is 12.7. The summed E-state index contributed by atoms with van der Waals surface area (Å²) in [6, 6.07) is 12.9. The van der Waals surface area contributed by atoms with Gasteiger partial charge in [0.05, 0.1) is 17.4 Å². The number of halogens is 3. The van der Waals surface area contributed by atoms with Crippen LogP contribution < -0.4 is 11.1 Å². The van der Waals surface area contributed by atoms with Gasteiger partial charge in [-0.1, -0.05) is 24.3 Å².